The van der Waals surface area contributed by atoms with Gasteiger partial charge in [0, 0.05) is 24.4 Å². The van der Waals surface area contributed by atoms with Gasteiger partial charge in [-0.3, -0.25) is 19.3 Å². The SMILES string of the molecule is CCCCC(CC)C(=O)Nc1ccc(CN2C(=O)CCC2=O)cc1. The molecule has 0 bridgehead atoms. The summed E-state index contributed by atoms with van der Waals surface area (Å²) in [6.45, 7) is 4.46. The predicted octanol–water partition coefficient (Wildman–Crippen LogP) is 3.49. The molecule has 0 aliphatic carbocycles. The topological polar surface area (TPSA) is 66.5 Å². The van der Waals surface area contributed by atoms with E-state index in [-0.39, 0.29) is 23.6 Å². The minimum absolute atomic E-state index is 0.0458. The van der Waals surface area contributed by atoms with Crippen molar-refractivity contribution in [3.8, 4) is 0 Å². The fraction of sp³-hybridized carbons (Fsp3) is 0.526. The number of unbranched alkanes of at least 4 members (excludes halogenated alkanes) is 1. The zero-order valence-corrected chi connectivity index (χ0v) is 14.5. The van der Waals surface area contributed by atoms with Crippen molar-refractivity contribution in [3.63, 3.8) is 0 Å². The highest BCUT2D eigenvalue weighted by atomic mass is 16.2. The Morgan fingerprint density at radius 3 is 2.29 bits per heavy atom. The molecule has 1 atom stereocenters. The molecule has 1 heterocycles. The second-order valence-electron chi connectivity index (χ2n) is 6.31. The van der Waals surface area contributed by atoms with Gasteiger partial charge in [-0.2, -0.15) is 0 Å². The third-order valence-electron chi connectivity index (χ3n) is 4.49. The van der Waals surface area contributed by atoms with Crippen LogP contribution in [0.15, 0.2) is 24.3 Å². The van der Waals surface area contributed by atoms with E-state index >= 15 is 0 Å². The maximum absolute atomic E-state index is 12.3. The van der Waals surface area contributed by atoms with E-state index in [1.165, 1.54) is 4.90 Å². The molecule has 2 rings (SSSR count). The van der Waals surface area contributed by atoms with E-state index in [0.29, 0.717) is 19.4 Å². The van der Waals surface area contributed by atoms with E-state index in [1.807, 2.05) is 31.2 Å². The summed E-state index contributed by atoms with van der Waals surface area (Å²) in [6, 6.07) is 7.35. The maximum atomic E-state index is 12.3. The molecule has 130 valence electrons. The molecule has 0 saturated carbocycles. The molecule has 0 radical (unpaired) electrons. The number of amides is 3. The second-order valence-corrected chi connectivity index (χ2v) is 6.31. The van der Waals surface area contributed by atoms with Gasteiger partial charge in [0.15, 0.2) is 0 Å². The van der Waals surface area contributed by atoms with Crippen LogP contribution in [0.1, 0.15) is 57.9 Å². The molecule has 5 heteroatoms. The number of imide groups is 1. The smallest absolute Gasteiger partial charge is 0.229 e. The summed E-state index contributed by atoms with van der Waals surface area (Å²) in [5, 5.41) is 2.95. The first-order chi connectivity index (χ1) is 11.5. The molecule has 1 fully saturated rings. The highest BCUT2D eigenvalue weighted by molar-refractivity contribution is 6.01. The lowest BCUT2D eigenvalue weighted by atomic mass is 9.98. The Morgan fingerprint density at radius 2 is 1.75 bits per heavy atom. The highest BCUT2D eigenvalue weighted by Gasteiger charge is 2.28. The molecule has 3 amide bonds. The van der Waals surface area contributed by atoms with E-state index < -0.39 is 0 Å². The van der Waals surface area contributed by atoms with Gasteiger partial charge in [-0.1, -0.05) is 38.8 Å². The van der Waals surface area contributed by atoms with Gasteiger partial charge in [-0.05, 0) is 30.5 Å². The first-order valence-corrected chi connectivity index (χ1v) is 8.78. The lowest BCUT2D eigenvalue weighted by Gasteiger charge is -2.16. The van der Waals surface area contributed by atoms with E-state index in [4.69, 9.17) is 0 Å². The van der Waals surface area contributed by atoms with Crippen LogP contribution in [0.4, 0.5) is 5.69 Å². The molecule has 24 heavy (non-hydrogen) atoms. The zero-order chi connectivity index (χ0) is 17.5. The van der Waals surface area contributed by atoms with E-state index in [0.717, 1.165) is 36.9 Å². The van der Waals surface area contributed by atoms with Gasteiger partial charge >= 0.3 is 0 Å². The average molecular weight is 330 g/mol. The van der Waals surface area contributed by atoms with E-state index in [9.17, 15) is 14.4 Å². The Kier molecular flexibility index (Phi) is 6.53. The van der Waals surface area contributed by atoms with Gasteiger partial charge in [0.25, 0.3) is 0 Å². The molecular formula is C19H26N2O3. The number of carbonyl (C=O) groups is 3. The quantitative estimate of drug-likeness (QED) is 0.742. The number of hydrogen-bond acceptors (Lipinski definition) is 3. The largest absolute Gasteiger partial charge is 0.326 e. The molecular weight excluding hydrogens is 304 g/mol. The number of likely N-dealkylation sites (tertiary alicyclic amines) is 1. The minimum atomic E-state index is -0.112. The molecule has 1 saturated heterocycles. The number of nitrogens with zero attached hydrogens (tertiary/aromatic N) is 1. The third-order valence-corrected chi connectivity index (χ3v) is 4.49. The van der Waals surface area contributed by atoms with Gasteiger partial charge in [-0.15, -0.1) is 0 Å². The summed E-state index contributed by atoms with van der Waals surface area (Å²) < 4.78 is 0. The summed E-state index contributed by atoms with van der Waals surface area (Å²) in [6.07, 6.45) is 4.51. The number of rotatable bonds is 8. The van der Waals surface area contributed by atoms with Crippen LogP contribution in [-0.4, -0.2) is 22.6 Å². The molecule has 0 spiro atoms. The Hall–Kier alpha value is -2.17. The fourth-order valence-corrected chi connectivity index (χ4v) is 2.89. The molecule has 0 aromatic heterocycles. The van der Waals surface area contributed by atoms with Crippen molar-refractivity contribution in [3.05, 3.63) is 29.8 Å². The Balaban J connectivity index is 1.93. The number of carbonyl (C=O) groups excluding carboxylic acids is 3. The molecule has 5 nitrogen and oxygen atoms in total. The summed E-state index contributed by atoms with van der Waals surface area (Å²) in [4.78, 5) is 36.9. The van der Waals surface area contributed by atoms with Crippen LogP contribution in [0.2, 0.25) is 0 Å². The lowest BCUT2D eigenvalue weighted by molar-refractivity contribution is -0.139. The predicted molar refractivity (Wildman–Crippen MR) is 93.2 cm³/mol. The maximum Gasteiger partial charge on any atom is 0.229 e. The van der Waals surface area contributed by atoms with Crippen LogP contribution < -0.4 is 5.32 Å². The molecule has 1 N–H and O–H groups in total. The van der Waals surface area contributed by atoms with Crippen molar-refractivity contribution in [1.29, 1.82) is 0 Å². The van der Waals surface area contributed by atoms with Crippen LogP contribution in [0.5, 0.6) is 0 Å². The Morgan fingerprint density at radius 1 is 1.12 bits per heavy atom. The van der Waals surface area contributed by atoms with Crippen molar-refractivity contribution in [2.24, 2.45) is 5.92 Å². The van der Waals surface area contributed by atoms with Gasteiger partial charge in [0.1, 0.15) is 0 Å². The Bertz CT molecular complexity index is 579. The van der Waals surface area contributed by atoms with Crippen LogP contribution in [0.25, 0.3) is 0 Å². The first kappa shape index (κ1) is 18.2. The van der Waals surface area contributed by atoms with Gasteiger partial charge in [-0.25, -0.2) is 0 Å². The van der Waals surface area contributed by atoms with Crippen LogP contribution >= 0.6 is 0 Å². The van der Waals surface area contributed by atoms with Crippen LogP contribution in [0.3, 0.4) is 0 Å². The van der Waals surface area contributed by atoms with E-state index in [1.54, 1.807) is 0 Å². The van der Waals surface area contributed by atoms with Gasteiger partial charge in [0.2, 0.25) is 17.7 Å². The van der Waals surface area contributed by atoms with Crippen molar-refractivity contribution in [2.75, 3.05) is 5.32 Å². The molecule has 1 aromatic rings. The zero-order valence-electron chi connectivity index (χ0n) is 14.5. The van der Waals surface area contributed by atoms with Gasteiger partial charge < -0.3 is 5.32 Å². The number of anilines is 1. The van der Waals surface area contributed by atoms with Crippen LogP contribution in [-0.2, 0) is 20.9 Å². The van der Waals surface area contributed by atoms with Crippen molar-refractivity contribution >= 4 is 23.4 Å². The number of nitrogens with one attached hydrogen (secondary N) is 1. The molecule has 1 unspecified atom stereocenters. The van der Waals surface area contributed by atoms with Gasteiger partial charge in [0.05, 0.1) is 6.54 Å². The number of benzene rings is 1. The van der Waals surface area contributed by atoms with Crippen LogP contribution in [0, 0.1) is 5.92 Å². The molecule has 1 aromatic carbocycles. The monoisotopic (exact) mass is 330 g/mol. The highest BCUT2D eigenvalue weighted by Crippen LogP contribution is 2.19. The van der Waals surface area contributed by atoms with E-state index in [2.05, 4.69) is 12.2 Å². The first-order valence-electron chi connectivity index (χ1n) is 8.78. The summed E-state index contributed by atoms with van der Waals surface area (Å²) in [5.74, 6) is -0.119. The normalized spacial score (nSPS) is 15.7. The minimum Gasteiger partial charge on any atom is -0.326 e. The molecule has 1 aliphatic heterocycles. The van der Waals surface area contributed by atoms with Crippen molar-refractivity contribution < 1.29 is 14.4 Å². The molecule has 1 aliphatic rings. The van der Waals surface area contributed by atoms with Crippen molar-refractivity contribution in [2.45, 2.75) is 58.9 Å². The lowest BCUT2D eigenvalue weighted by Crippen LogP contribution is -2.28. The Labute approximate surface area is 143 Å². The summed E-state index contributed by atoms with van der Waals surface area (Å²) in [7, 11) is 0. The fourth-order valence-electron chi connectivity index (χ4n) is 2.89. The third kappa shape index (κ3) is 4.66. The summed E-state index contributed by atoms with van der Waals surface area (Å²) >= 11 is 0. The standard InChI is InChI=1S/C19H26N2O3/c1-3-5-6-15(4-2)19(24)20-16-9-7-14(8-10-16)13-21-17(22)11-12-18(21)23/h7-10,15H,3-6,11-13H2,1-2H3,(H,20,24). The van der Waals surface area contributed by atoms with Crippen molar-refractivity contribution in [1.82, 2.24) is 4.90 Å². The summed E-state index contributed by atoms with van der Waals surface area (Å²) in [5.41, 5.74) is 1.63. The average Bonchev–Trinajstić information content (AvgIpc) is 2.89. The number of hydrogen-bond donors (Lipinski definition) is 1. The second kappa shape index (κ2) is 8.62.